The van der Waals surface area contributed by atoms with Gasteiger partial charge in [-0.2, -0.15) is 0 Å². The minimum absolute atomic E-state index is 0.264. The Bertz CT molecular complexity index is 548. The van der Waals surface area contributed by atoms with Crippen molar-refractivity contribution >= 4 is 0 Å². The molecule has 0 aliphatic rings. The van der Waals surface area contributed by atoms with Crippen molar-refractivity contribution in [3.05, 3.63) is 71.3 Å². The average molecular weight is 236 g/mol. The molecule has 90 valence electrons. The van der Waals surface area contributed by atoms with Crippen molar-refractivity contribution in [2.24, 2.45) is 0 Å². The Morgan fingerprint density at radius 2 is 1.56 bits per heavy atom. The van der Waals surface area contributed by atoms with Crippen molar-refractivity contribution in [1.82, 2.24) is 0 Å². The van der Waals surface area contributed by atoms with Gasteiger partial charge in [0.25, 0.3) is 0 Å². The molecule has 1 atom stereocenters. The number of aryl methyl sites for hydroxylation is 1. The molecule has 0 saturated heterocycles. The lowest BCUT2D eigenvalue weighted by atomic mass is 9.83. The summed E-state index contributed by atoms with van der Waals surface area (Å²) in [6.45, 7) is 2.02. The van der Waals surface area contributed by atoms with Crippen LogP contribution in [0.5, 0.6) is 0 Å². The van der Waals surface area contributed by atoms with Gasteiger partial charge in [-0.15, -0.1) is 12.3 Å². The van der Waals surface area contributed by atoms with Gasteiger partial charge in [-0.05, 0) is 18.1 Å². The van der Waals surface area contributed by atoms with Crippen LogP contribution in [-0.2, 0) is 5.60 Å². The molecular formula is C17H16O. The Hall–Kier alpha value is -2.04. The molecule has 1 heteroatoms. The normalized spacial score (nSPS) is 13.6. The molecule has 0 bridgehead atoms. The third-order valence-corrected chi connectivity index (χ3v) is 3.14. The first-order valence-electron chi connectivity index (χ1n) is 5.95. The minimum atomic E-state index is -1.11. The zero-order chi connectivity index (χ0) is 13.0. The Morgan fingerprint density at radius 1 is 1.00 bits per heavy atom. The molecule has 0 aliphatic heterocycles. The van der Waals surface area contributed by atoms with E-state index in [9.17, 15) is 5.11 Å². The zero-order valence-electron chi connectivity index (χ0n) is 10.4. The predicted octanol–water partition coefficient (Wildman–Crippen LogP) is 3.25. The Balaban J connectivity index is 2.51. The Kier molecular flexibility index (Phi) is 3.50. The summed E-state index contributed by atoms with van der Waals surface area (Å²) in [6.07, 6.45) is 5.67. The second-order valence-corrected chi connectivity index (χ2v) is 4.47. The first kappa shape index (κ1) is 12.4. The number of terminal acetylenes is 1. The van der Waals surface area contributed by atoms with Gasteiger partial charge < -0.3 is 5.11 Å². The van der Waals surface area contributed by atoms with Gasteiger partial charge >= 0.3 is 0 Å². The standard InChI is InChI=1S/C17H16O/c1-3-13-17(18,15-7-5-4-6-8-15)16-11-9-14(2)10-12-16/h1,4-12,18H,13H2,2H3. The molecule has 0 amide bonds. The van der Waals surface area contributed by atoms with Crippen LogP contribution in [0, 0.1) is 19.3 Å². The monoisotopic (exact) mass is 236 g/mol. The second-order valence-electron chi connectivity index (χ2n) is 4.47. The summed E-state index contributed by atoms with van der Waals surface area (Å²) in [6, 6.07) is 17.4. The van der Waals surface area contributed by atoms with E-state index in [4.69, 9.17) is 6.42 Å². The number of benzene rings is 2. The Labute approximate surface area is 108 Å². The van der Waals surface area contributed by atoms with Gasteiger partial charge in [0.05, 0.1) is 0 Å². The smallest absolute Gasteiger partial charge is 0.125 e. The topological polar surface area (TPSA) is 20.2 Å². The first-order chi connectivity index (χ1) is 8.66. The third-order valence-electron chi connectivity index (χ3n) is 3.14. The molecule has 2 rings (SSSR count). The first-order valence-corrected chi connectivity index (χ1v) is 5.95. The van der Waals surface area contributed by atoms with E-state index in [1.165, 1.54) is 0 Å². The van der Waals surface area contributed by atoms with E-state index in [2.05, 4.69) is 5.92 Å². The van der Waals surface area contributed by atoms with Crippen molar-refractivity contribution in [1.29, 1.82) is 0 Å². The molecule has 0 aromatic heterocycles. The van der Waals surface area contributed by atoms with Crippen LogP contribution in [0.3, 0.4) is 0 Å². The largest absolute Gasteiger partial charge is 0.379 e. The van der Waals surface area contributed by atoms with E-state index >= 15 is 0 Å². The van der Waals surface area contributed by atoms with E-state index in [-0.39, 0.29) is 6.42 Å². The lowest BCUT2D eigenvalue weighted by Gasteiger charge is -2.27. The summed E-state index contributed by atoms with van der Waals surface area (Å²) in [5.41, 5.74) is 1.71. The summed E-state index contributed by atoms with van der Waals surface area (Å²) in [5, 5.41) is 10.9. The predicted molar refractivity (Wildman–Crippen MR) is 74.1 cm³/mol. The van der Waals surface area contributed by atoms with Crippen molar-refractivity contribution in [3.63, 3.8) is 0 Å². The maximum Gasteiger partial charge on any atom is 0.125 e. The van der Waals surface area contributed by atoms with E-state index in [1.807, 2.05) is 61.5 Å². The maximum absolute atomic E-state index is 10.9. The molecule has 0 heterocycles. The molecule has 0 aliphatic carbocycles. The van der Waals surface area contributed by atoms with Crippen molar-refractivity contribution in [2.45, 2.75) is 18.9 Å². The molecule has 2 aromatic carbocycles. The van der Waals surface area contributed by atoms with Crippen molar-refractivity contribution < 1.29 is 5.11 Å². The van der Waals surface area contributed by atoms with Crippen LogP contribution in [0.25, 0.3) is 0 Å². The van der Waals surface area contributed by atoms with E-state index in [0.29, 0.717) is 0 Å². The van der Waals surface area contributed by atoms with E-state index < -0.39 is 5.60 Å². The van der Waals surface area contributed by atoms with Crippen LogP contribution >= 0.6 is 0 Å². The fraction of sp³-hybridized carbons (Fsp3) is 0.176. The zero-order valence-corrected chi connectivity index (χ0v) is 10.4. The van der Waals surface area contributed by atoms with Crippen molar-refractivity contribution in [2.75, 3.05) is 0 Å². The summed E-state index contributed by atoms with van der Waals surface area (Å²) in [7, 11) is 0. The molecule has 0 saturated carbocycles. The Morgan fingerprint density at radius 3 is 2.11 bits per heavy atom. The van der Waals surface area contributed by atoms with Crippen molar-refractivity contribution in [3.8, 4) is 12.3 Å². The number of aliphatic hydroxyl groups is 1. The minimum Gasteiger partial charge on any atom is -0.379 e. The van der Waals surface area contributed by atoms with Crippen LogP contribution in [0.15, 0.2) is 54.6 Å². The highest BCUT2D eigenvalue weighted by atomic mass is 16.3. The average Bonchev–Trinajstić information content (AvgIpc) is 2.40. The molecule has 0 spiro atoms. The number of hydrogen-bond donors (Lipinski definition) is 1. The molecule has 1 N–H and O–H groups in total. The van der Waals surface area contributed by atoms with Gasteiger partial charge in [0.1, 0.15) is 5.60 Å². The lowest BCUT2D eigenvalue weighted by Crippen LogP contribution is -2.26. The van der Waals surface area contributed by atoms with Crippen LogP contribution in [-0.4, -0.2) is 5.11 Å². The van der Waals surface area contributed by atoms with Gasteiger partial charge in [0.2, 0.25) is 0 Å². The SMILES string of the molecule is C#CCC(O)(c1ccccc1)c1ccc(C)cc1. The number of rotatable bonds is 3. The molecule has 2 aromatic rings. The highest BCUT2D eigenvalue weighted by Gasteiger charge is 2.30. The van der Waals surface area contributed by atoms with Crippen LogP contribution in [0.1, 0.15) is 23.1 Å². The van der Waals surface area contributed by atoms with E-state index in [1.54, 1.807) is 0 Å². The van der Waals surface area contributed by atoms with Crippen LogP contribution in [0.2, 0.25) is 0 Å². The van der Waals surface area contributed by atoms with Gasteiger partial charge in [-0.3, -0.25) is 0 Å². The molecule has 0 radical (unpaired) electrons. The van der Waals surface area contributed by atoms with Crippen LogP contribution < -0.4 is 0 Å². The summed E-state index contributed by atoms with van der Waals surface area (Å²) in [5.74, 6) is 2.57. The molecular weight excluding hydrogens is 220 g/mol. The van der Waals surface area contributed by atoms with E-state index in [0.717, 1.165) is 16.7 Å². The lowest BCUT2D eigenvalue weighted by molar-refractivity contribution is 0.0865. The van der Waals surface area contributed by atoms with Crippen LogP contribution in [0.4, 0.5) is 0 Å². The highest BCUT2D eigenvalue weighted by molar-refractivity contribution is 5.38. The van der Waals surface area contributed by atoms with Gasteiger partial charge in [0, 0.05) is 6.42 Å². The highest BCUT2D eigenvalue weighted by Crippen LogP contribution is 2.32. The van der Waals surface area contributed by atoms with Gasteiger partial charge in [-0.1, -0.05) is 60.2 Å². The van der Waals surface area contributed by atoms with Gasteiger partial charge in [-0.25, -0.2) is 0 Å². The fourth-order valence-electron chi connectivity index (χ4n) is 2.06. The molecule has 1 nitrogen and oxygen atoms in total. The summed E-state index contributed by atoms with van der Waals surface area (Å²) < 4.78 is 0. The number of hydrogen-bond acceptors (Lipinski definition) is 1. The molecule has 18 heavy (non-hydrogen) atoms. The maximum atomic E-state index is 10.9. The third kappa shape index (κ3) is 2.30. The summed E-state index contributed by atoms with van der Waals surface area (Å²) >= 11 is 0. The van der Waals surface area contributed by atoms with Gasteiger partial charge in [0.15, 0.2) is 0 Å². The second kappa shape index (κ2) is 5.08. The quantitative estimate of drug-likeness (QED) is 0.811. The molecule has 0 fully saturated rings. The molecule has 1 unspecified atom stereocenters. The fourth-order valence-corrected chi connectivity index (χ4v) is 2.06. The summed E-state index contributed by atoms with van der Waals surface area (Å²) in [4.78, 5) is 0.